The van der Waals surface area contributed by atoms with Gasteiger partial charge < -0.3 is 4.74 Å². The van der Waals surface area contributed by atoms with E-state index < -0.39 is 0 Å². The van der Waals surface area contributed by atoms with Gasteiger partial charge in [-0.25, -0.2) is 0 Å². The first kappa shape index (κ1) is 5.92. The highest BCUT2D eigenvalue weighted by molar-refractivity contribution is 4.77. The van der Waals surface area contributed by atoms with Gasteiger partial charge in [-0.2, -0.15) is 5.10 Å². The van der Waals surface area contributed by atoms with Crippen LogP contribution in [0.5, 0.6) is 0 Å². The quantitative estimate of drug-likeness (QED) is 0.583. The van der Waals surface area contributed by atoms with Crippen LogP contribution in [0.3, 0.4) is 0 Å². The van der Waals surface area contributed by atoms with Crippen LogP contribution < -0.4 is 0 Å². The molecule has 56 valence electrons. The van der Waals surface area contributed by atoms with Gasteiger partial charge in [0.15, 0.2) is 0 Å². The number of rotatable bonds is 4. The lowest BCUT2D eigenvalue weighted by Crippen LogP contribution is -2.05. The maximum Gasteiger partial charge on any atom is 0.0662 e. The highest BCUT2D eigenvalue weighted by Crippen LogP contribution is 1.84. The van der Waals surface area contributed by atoms with Gasteiger partial charge in [0.05, 0.1) is 14.5 Å². The van der Waals surface area contributed by atoms with Gasteiger partial charge in [-0.3, -0.25) is 4.68 Å². The molecular weight excluding hydrogens is 128 g/mol. The lowest BCUT2D eigenvalue weighted by Gasteiger charge is -1.99. The number of nitrogens with zero attached hydrogens (tertiary/aromatic N) is 2. The van der Waals surface area contributed by atoms with Crippen molar-refractivity contribution in [1.29, 1.82) is 0 Å². The summed E-state index contributed by atoms with van der Waals surface area (Å²) in [5.74, 6) is 0. The molecule has 0 N–H and O–H groups in total. The molecule has 0 saturated heterocycles. The van der Waals surface area contributed by atoms with Crippen LogP contribution in [0.1, 0.15) is 8.29 Å². The molecule has 0 aliphatic carbocycles. The highest BCUT2D eigenvalue weighted by Gasteiger charge is 1.87. The molecule has 3 heteroatoms. The summed E-state index contributed by atoms with van der Waals surface area (Å²) < 4.78 is 14.0. The Morgan fingerprint density at radius 3 is 3.30 bits per heavy atom. The fourth-order valence-corrected chi connectivity index (χ4v) is 0.685. The Labute approximate surface area is 62.0 Å². The first-order valence-corrected chi connectivity index (χ1v) is 3.39. The molecule has 0 spiro atoms. The lowest BCUT2D eigenvalue weighted by molar-refractivity contribution is 0.136. The fraction of sp³-hybridized carbons (Fsp3) is 0.571. The van der Waals surface area contributed by atoms with Crippen LogP contribution >= 0.6 is 0 Å². The number of ether oxygens (including phenoxy) is 1. The van der Waals surface area contributed by atoms with Crippen LogP contribution in [0.4, 0.5) is 0 Å². The summed E-state index contributed by atoms with van der Waals surface area (Å²) >= 11 is 0. The second kappa shape index (κ2) is 4.06. The Morgan fingerprint density at radius 2 is 2.70 bits per heavy atom. The largest absolute Gasteiger partial charge is 0.380 e. The maximum atomic E-state index is 7.17. The predicted octanol–water partition coefficient (Wildman–Crippen LogP) is 0.920. The summed E-state index contributed by atoms with van der Waals surface area (Å²) in [7, 11) is 0. The molecule has 0 bridgehead atoms. The second-order valence-electron chi connectivity index (χ2n) is 1.90. The minimum absolute atomic E-state index is 0.446. The highest BCUT2D eigenvalue weighted by atomic mass is 16.5. The molecule has 0 aromatic carbocycles. The van der Waals surface area contributed by atoms with Crippen molar-refractivity contribution in [1.82, 2.24) is 9.78 Å². The summed E-state index contributed by atoms with van der Waals surface area (Å²) in [5, 5.41) is 3.94. The average molecular weight is 141 g/mol. The Hall–Kier alpha value is -0.830. The molecule has 3 nitrogen and oxygen atoms in total. The molecule has 1 aromatic rings. The van der Waals surface area contributed by atoms with Crippen molar-refractivity contribution >= 4 is 0 Å². The zero-order chi connectivity index (χ0) is 8.10. The molecular formula is C7H12N2O. The summed E-state index contributed by atoms with van der Waals surface area (Å²) in [6, 6.07) is 0.446. The average Bonchev–Trinajstić information content (AvgIpc) is 2.37. The summed E-state index contributed by atoms with van der Waals surface area (Å²) in [6.45, 7) is 4.08. The van der Waals surface area contributed by atoms with Gasteiger partial charge in [0.2, 0.25) is 0 Å². The van der Waals surface area contributed by atoms with E-state index in [4.69, 9.17) is 6.11 Å². The van der Waals surface area contributed by atoms with E-state index in [9.17, 15) is 0 Å². The molecule has 0 unspecified atom stereocenters. The summed E-state index contributed by atoms with van der Waals surface area (Å²) in [5.41, 5.74) is 0. The lowest BCUT2D eigenvalue weighted by atomic mass is 10.6. The van der Waals surface area contributed by atoms with Gasteiger partial charge >= 0.3 is 0 Å². The molecule has 0 saturated carbocycles. The van der Waals surface area contributed by atoms with Gasteiger partial charge in [-0.15, -0.1) is 0 Å². The predicted molar refractivity (Wildman–Crippen MR) is 38.7 cm³/mol. The van der Waals surface area contributed by atoms with Crippen LogP contribution in [0.15, 0.2) is 18.4 Å². The third kappa shape index (κ3) is 2.19. The molecule has 1 rings (SSSR count). The first-order valence-electron chi connectivity index (χ1n) is 3.89. The minimum Gasteiger partial charge on any atom is -0.380 e. The molecule has 0 atom stereocenters. The molecule has 1 aromatic heterocycles. The molecule has 0 fully saturated rings. The number of aromatic nitrogens is 2. The Kier molecular flexibility index (Phi) is 2.40. The second-order valence-corrected chi connectivity index (χ2v) is 1.90. The molecule has 1 heterocycles. The van der Waals surface area contributed by atoms with E-state index in [2.05, 4.69) is 5.10 Å². The molecule has 0 aliphatic rings. The minimum atomic E-state index is 0.446. The van der Waals surface area contributed by atoms with Crippen molar-refractivity contribution in [3.63, 3.8) is 0 Å². The zero-order valence-corrected chi connectivity index (χ0v) is 6.08. The van der Waals surface area contributed by atoms with E-state index in [-0.39, 0.29) is 0 Å². The summed E-state index contributed by atoms with van der Waals surface area (Å²) in [6.07, 6.45) is 3.20. The van der Waals surface area contributed by atoms with E-state index in [0.29, 0.717) is 12.6 Å². The number of hydrogen-bond donors (Lipinski definition) is 0. The van der Waals surface area contributed by atoms with E-state index in [0.717, 1.165) is 13.2 Å². The van der Waals surface area contributed by atoms with Crippen molar-refractivity contribution in [2.45, 2.75) is 13.5 Å². The molecule has 10 heavy (non-hydrogen) atoms. The molecule has 0 radical (unpaired) electrons. The van der Waals surface area contributed by atoms with Gasteiger partial charge in [0.1, 0.15) is 0 Å². The maximum absolute atomic E-state index is 7.17. The molecule has 0 aliphatic heterocycles. The van der Waals surface area contributed by atoms with Crippen molar-refractivity contribution in [3.8, 4) is 0 Å². The van der Waals surface area contributed by atoms with Crippen LogP contribution in [0.25, 0.3) is 0 Å². The van der Waals surface area contributed by atoms with Crippen molar-refractivity contribution in [3.05, 3.63) is 18.4 Å². The Balaban J connectivity index is 2.27. The van der Waals surface area contributed by atoms with Crippen molar-refractivity contribution in [2.75, 3.05) is 13.2 Å². The standard InChI is InChI=1S/C7H12N2O/c1-2-10-7-6-9-5-3-4-8-9/h3-5H,2,6-7H2,1H3/i3D. The smallest absolute Gasteiger partial charge is 0.0662 e. The monoisotopic (exact) mass is 141 g/mol. The van der Waals surface area contributed by atoms with Gasteiger partial charge in [0, 0.05) is 19.0 Å². The molecule has 0 amide bonds. The van der Waals surface area contributed by atoms with Crippen LogP contribution in [-0.2, 0) is 11.3 Å². The first-order chi connectivity index (χ1) is 5.33. The van der Waals surface area contributed by atoms with Gasteiger partial charge in [-0.05, 0) is 13.0 Å². The number of hydrogen-bond acceptors (Lipinski definition) is 2. The van der Waals surface area contributed by atoms with Gasteiger partial charge in [-0.1, -0.05) is 0 Å². The zero-order valence-electron chi connectivity index (χ0n) is 7.08. The Bertz CT molecular complexity index is 212. The fourth-order valence-electron chi connectivity index (χ4n) is 0.685. The van der Waals surface area contributed by atoms with E-state index >= 15 is 0 Å². The Morgan fingerprint density at radius 1 is 1.80 bits per heavy atom. The van der Waals surface area contributed by atoms with Gasteiger partial charge in [0.25, 0.3) is 0 Å². The normalized spacial score (nSPS) is 11.5. The van der Waals surface area contributed by atoms with E-state index in [1.165, 1.54) is 6.20 Å². The van der Waals surface area contributed by atoms with Crippen LogP contribution in [0, 0.1) is 0 Å². The third-order valence-corrected chi connectivity index (χ3v) is 1.17. The van der Waals surface area contributed by atoms with E-state index in [1.807, 2.05) is 6.92 Å². The topological polar surface area (TPSA) is 27.1 Å². The summed E-state index contributed by atoms with van der Waals surface area (Å²) in [4.78, 5) is 0. The van der Waals surface area contributed by atoms with Crippen LogP contribution in [0.2, 0.25) is 0 Å². The van der Waals surface area contributed by atoms with Crippen LogP contribution in [-0.4, -0.2) is 23.0 Å². The van der Waals surface area contributed by atoms with E-state index in [1.54, 1.807) is 10.9 Å². The SMILES string of the molecule is [2H]c1cnn(CCOCC)c1. The van der Waals surface area contributed by atoms with Crippen molar-refractivity contribution < 1.29 is 6.11 Å². The van der Waals surface area contributed by atoms with Crippen molar-refractivity contribution in [2.24, 2.45) is 0 Å². The third-order valence-electron chi connectivity index (χ3n) is 1.17.